The summed E-state index contributed by atoms with van der Waals surface area (Å²) >= 11 is 1.70. The van der Waals surface area contributed by atoms with Gasteiger partial charge in [0.15, 0.2) is 0 Å². The fraction of sp³-hybridized carbons (Fsp3) is 0.583. The van der Waals surface area contributed by atoms with Crippen LogP contribution in [0, 0.1) is 5.92 Å². The normalized spacial score (nSPS) is 24.2. The van der Waals surface area contributed by atoms with Gasteiger partial charge in [0, 0.05) is 11.3 Å². The van der Waals surface area contributed by atoms with Gasteiger partial charge in [-0.15, -0.1) is 11.8 Å². The number of hydrogen-bond acceptors (Lipinski definition) is 5. The molecule has 0 aliphatic carbocycles. The minimum Gasteiger partial charge on any atom is -0.472 e. The van der Waals surface area contributed by atoms with E-state index >= 15 is 0 Å². The third kappa shape index (κ3) is 3.26. The second kappa shape index (κ2) is 5.60. The third-order valence-electron chi connectivity index (χ3n) is 2.47. The van der Waals surface area contributed by atoms with Crippen molar-refractivity contribution < 1.29 is 13.9 Å². The molecule has 2 heterocycles. The van der Waals surface area contributed by atoms with Crippen molar-refractivity contribution in [3.8, 4) is 0 Å². The molecule has 1 saturated heterocycles. The number of nitrogens with one attached hydrogen (secondary N) is 1. The van der Waals surface area contributed by atoms with Gasteiger partial charge in [0.1, 0.15) is 6.04 Å². The topological polar surface area (TPSA) is 51.5 Å². The predicted molar refractivity (Wildman–Crippen MR) is 66.6 cm³/mol. The zero-order valence-electron chi connectivity index (χ0n) is 10.0. The number of carbonyl (C=O) groups is 1. The van der Waals surface area contributed by atoms with Crippen LogP contribution < -0.4 is 5.32 Å². The van der Waals surface area contributed by atoms with Crippen LogP contribution in [0.25, 0.3) is 0 Å². The maximum Gasteiger partial charge on any atom is 0.324 e. The lowest BCUT2D eigenvalue weighted by Gasteiger charge is -2.13. The highest BCUT2D eigenvalue weighted by atomic mass is 32.2. The molecule has 0 aromatic carbocycles. The molecule has 1 aliphatic rings. The van der Waals surface area contributed by atoms with Crippen LogP contribution in [0.4, 0.5) is 0 Å². The maximum absolute atomic E-state index is 11.7. The Labute approximate surface area is 105 Å². The van der Waals surface area contributed by atoms with Crippen LogP contribution in [-0.2, 0) is 9.53 Å². The molecule has 1 aliphatic heterocycles. The first-order valence-corrected chi connectivity index (χ1v) is 6.78. The smallest absolute Gasteiger partial charge is 0.324 e. The van der Waals surface area contributed by atoms with Gasteiger partial charge >= 0.3 is 5.97 Å². The Balaban J connectivity index is 1.83. The average Bonchev–Trinajstić information content (AvgIpc) is 2.94. The van der Waals surface area contributed by atoms with E-state index in [9.17, 15) is 4.79 Å². The van der Waals surface area contributed by atoms with Crippen LogP contribution in [0.15, 0.2) is 23.0 Å². The second-order valence-corrected chi connectivity index (χ2v) is 5.65. The summed E-state index contributed by atoms with van der Waals surface area (Å²) in [5.41, 5.74) is 1.06. The van der Waals surface area contributed by atoms with E-state index in [1.807, 2.05) is 19.9 Å². The maximum atomic E-state index is 11.7. The Hall–Kier alpha value is -0.940. The van der Waals surface area contributed by atoms with E-state index in [1.54, 1.807) is 24.3 Å². The number of carbonyl (C=O) groups excluding carboxylic acids is 1. The van der Waals surface area contributed by atoms with E-state index in [0.717, 1.165) is 11.3 Å². The van der Waals surface area contributed by atoms with Crippen molar-refractivity contribution in [1.82, 2.24) is 5.32 Å². The summed E-state index contributed by atoms with van der Waals surface area (Å²) in [6.07, 6.45) is 3.34. The van der Waals surface area contributed by atoms with Crippen LogP contribution in [-0.4, -0.2) is 24.4 Å². The van der Waals surface area contributed by atoms with Crippen molar-refractivity contribution in [3.63, 3.8) is 0 Å². The van der Waals surface area contributed by atoms with E-state index in [1.165, 1.54) is 0 Å². The van der Waals surface area contributed by atoms with Crippen molar-refractivity contribution >= 4 is 17.7 Å². The number of esters is 1. The Kier molecular flexibility index (Phi) is 4.12. The van der Waals surface area contributed by atoms with E-state index < -0.39 is 0 Å². The molecular weight excluding hydrogens is 238 g/mol. The zero-order valence-corrected chi connectivity index (χ0v) is 10.8. The lowest BCUT2D eigenvalue weighted by Crippen LogP contribution is -2.36. The molecule has 17 heavy (non-hydrogen) atoms. The van der Waals surface area contributed by atoms with Gasteiger partial charge in [-0.2, -0.15) is 0 Å². The Bertz CT molecular complexity index is 364. The van der Waals surface area contributed by atoms with Crippen LogP contribution in [0.3, 0.4) is 0 Å². The molecule has 1 fully saturated rings. The highest BCUT2D eigenvalue weighted by Gasteiger charge is 2.32. The van der Waals surface area contributed by atoms with Crippen LogP contribution in [0.1, 0.15) is 24.8 Å². The average molecular weight is 255 g/mol. The molecule has 1 aromatic heterocycles. The first kappa shape index (κ1) is 12.5. The Morgan fingerprint density at radius 1 is 1.71 bits per heavy atom. The summed E-state index contributed by atoms with van der Waals surface area (Å²) in [6.45, 7) is 4.54. The van der Waals surface area contributed by atoms with Crippen molar-refractivity contribution in [1.29, 1.82) is 0 Å². The summed E-state index contributed by atoms with van der Waals surface area (Å²) in [5.74, 6) is 0.960. The summed E-state index contributed by atoms with van der Waals surface area (Å²) in [6, 6.07) is 1.70. The highest BCUT2D eigenvalue weighted by Crippen LogP contribution is 2.33. The first-order valence-electron chi connectivity index (χ1n) is 5.73. The van der Waals surface area contributed by atoms with Crippen LogP contribution in [0.5, 0.6) is 0 Å². The largest absolute Gasteiger partial charge is 0.472 e. The number of furan rings is 1. The van der Waals surface area contributed by atoms with Gasteiger partial charge in [-0.05, 0) is 12.0 Å². The molecule has 1 N–H and O–H groups in total. The number of hydrogen-bond donors (Lipinski definition) is 1. The van der Waals surface area contributed by atoms with Gasteiger partial charge in [-0.25, -0.2) is 0 Å². The quantitative estimate of drug-likeness (QED) is 0.836. The van der Waals surface area contributed by atoms with Crippen LogP contribution >= 0.6 is 11.8 Å². The molecule has 2 rings (SSSR count). The monoisotopic (exact) mass is 255 g/mol. The van der Waals surface area contributed by atoms with E-state index in [-0.39, 0.29) is 17.4 Å². The fourth-order valence-corrected chi connectivity index (χ4v) is 2.78. The standard InChI is InChI=1S/C12H17NO3S/c1-8(2)5-16-12(14)10-7-17-11(13-10)9-3-4-15-6-9/h3-4,6,8,10-11,13H,5,7H2,1-2H3. The highest BCUT2D eigenvalue weighted by molar-refractivity contribution is 7.99. The molecule has 2 atom stereocenters. The Morgan fingerprint density at radius 3 is 3.18 bits per heavy atom. The van der Waals surface area contributed by atoms with Crippen molar-refractivity contribution in [2.45, 2.75) is 25.3 Å². The lowest BCUT2D eigenvalue weighted by atomic mass is 10.2. The molecule has 1 aromatic rings. The summed E-state index contributed by atoms with van der Waals surface area (Å²) in [7, 11) is 0. The third-order valence-corrected chi connectivity index (χ3v) is 3.74. The Morgan fingerprint density at radius 2 is 2.53 bits per heavy atom. The second-order valence-electron chi connectivity index (χ2n) is 4.51. The fourth-order valence-electron chi connectivity index (χ4n) is 1.57. The SMILES string of the molecule is CC(C)COC(=O)C1CSC(c2ccoc2)N1. The zero-order chi connectivity index (χ0) is 12.3. The number of ether oxygens (including phenoxy) is 1. The van der Waals surface area contributed by atoms with Gasteiger partial charge in [0.2, 0.25) is 0 Å². The summed E-state index contributed by atoms with van der Waals surface area (Å²) < 4.78 is 10.2. The minimum absolute atomic E-state index is 0.130. The van der Waals surface area contributed by atoms with Gasteiger partial charge in [-0.3, -0.25) is 10.1 Å². The lowest BCUT2D eigenvalue weighted by molar-refractivity contribution is -0.146. The number of thioether (sulfide) groups is 1. The summed E-state index contributed by atoms with van der Waals surface area (Å²) in [4.78, 5) is 11.7. The summed E-state index contributed by atoms with van der Waals surface area (Å²) in [5, 5.41) is 3.38. The molecule has 0 bridgehead atoms. The molecule has 5 heteroatoms. The van der Waals surface area contributed by atoms with Gasteiger partial charge in [0.05, 0.1) is 24.5 Å². The van der Waals surface area contributed by atoms with Crippen LogP contribution in [0.2, 0.25) is 0 Å². The van der Waals surface area contributed by atoms with Gasteiger partial charge < -0.3 is 9.15 Å². The van der Waals surface area contributed by atoms with Crippen molar-refractivity contribution in [3.05, 3.63) is 24.2 Å². The van der Waals surface area contributed by atoms with E-state index in [0.29, 0.717) is 12.5 Å². The van der Waals surface area contributed by atoms with E-state index in [2.05, 4.69) is 5.32 Å². The predicted octanol–water partition coefficient (Wildman–Crippen LogP) is 2.18. The van der Waals surface area contributed by atoms with Crippen molar-refractivity contribution in [2.24, 2.45) is 5.92 Å². The number of rotatable bonds is 4. The molecule has 0 spiro atoms. The van der Waals surface area contributed by atoms with Gasteiger partial charge in [0.25, 0.3) is 0 Å². The van der Waals surface area contributed by atoms with Crippen molar-refractivity contribution in [2.75, 3.05) is 12.4 Å². The van der Waals surface area contributed by atoms with Gasteiger partial charge in [-0.1, -0.05) is 13.8 Å². The molecule has 4 nitrogen and oxygen atoms in total. The molecule has 2 unspecified atom stereocenters. The molecular formula is C12H17NO3S. The molecule has 0 amide bonds. The molecule has 0 radical (unpaired) electrons. The first-order chi connectivity index (χ1) is 8.16. The minimum atomic E-state index is -0.210. The van der Waals surface area contributed by atoms with E-state index in [4.69, 9.17) is 9.15 Å². The molecule has 94 valence electrons. The molecule has 0 saturated carbocycles.